The molecular formula is C46H10F8N8. The Morgan fingerprint density at radius 3 is 0.887 bits per heavy atom. The fourth-order valence-electron chi connectivity index (χ4n) is 7.41. The molecule has 0 fully saturated rings. The Hall–Kier alpha value is -9.58. The van der Waals surface area contributed by atoms with Gasteiger partial charge in [0.05, 0.1) is 22.3 Å². The van der Waals surface area contributed by atoms with E-state index in [9.17, 15) is 49.1 Å². The molecule has 0 amide bonds. The summed E-state index contributed by atoms with van der Waals surface area (Å²) in [6.45, 7) is 0. The first-order valence-electron chi connectivity index (χ1n) is 17.1. The zero-order valence-corrected chi connectivity index (χ0v) is 30.4. The summed E-state index contributed by atoms with van der Waals surface area (Å²) in [5.74, 6) is -15.5. The molecule has 0 spiro atoms. The largest absolute Gasteiger partial charge is 0.203 e. The average Bonchev–Trinajstić information content (AvgIpc) is 3.78. The first-order chi connectivity index (χ1) is 29.8. The Morgan fingerprint density at radius 1 is 0.339 bits per heavy atom. The van der Waals surface area contributed by atoms with E-state index < -0.39 is 91.1 Å². The number of hydrogen-bond acceptors (Lipinski definition) is 8. The first-order valence-corrected chi connectivity index (χ1v) is 17.1. The van der Waals surface area contributed by atoms with Crippen molar-refractivity contribution in [3.05, 3.63) is 163 Å². The van der Waals surface area contributed by atoms with E-state index in [2.05, 4.69) is 0 Å². The van der Waals surface area contributed by atoms with Gasteiger partial charge in [-0.1, -0.05) is 48.5 Å². The molecule has 62 heavy (non-hydrogen) atoms. The fourth-order valence-corrected chi connectivity index (χ4v) is 7.41. The molecule has 0 N–H and O–H groups in total. The van der Waals surface area contributed by atoms with Gasteiger partial charge in [-0.2, -0.15) is 42.1 Å². The van der Waals surface area contributed by atoms with Crippen molar-refractivity contribution < 1.29 is 35.1 Å². The second kappa shape index (κ2) is 15.3. The topological polar surface area (TPSA) is 190 Å². The van der Waals surface area contributed by atoms with Gasteiger partial charge in [0, 0.05) is 33.4 Å². The molecule has 2 aliphatic carbocycles. The second-order valence-corrected chi connectivity index (χ2v) is 13.0. The van der Waals surface area contributed by atoms with Crippen molar-refractivity contribution in [1.29, 1.82) is 42.1 Å². The van der Waals surface area contributed by atoms with Crippen LogP contribution < -0.4 is 0 Å². The monoisotopic (exact) mass is 826 g/mol. The van der Waals surface area contributed by atoms with E-state index in [4.69, 9.17) is 10.5 Å². The third-order valence-corrected chi connectivity index (χ3v) is 10.1. The van der Waals surface area contributed by atoms with Gasteiger partial charge in [-0.05, 0) is 45.5 Å². The highest BCUT2D eigenvalue weighted by atomic mass is 19.2. The van der Waals surface area contributed by atoms with E-state index in [0.29, 0.717) is 0 Å². The van der Waals surface area contributed by atoms with Crippen LogP contribution in [0.4, 0.5) is 35.1 Å². The van der Waals surface area contributed by atoms with Gasteiger partial charge in [-0.15, -0.1) is 0 Å². The Bertz CT molecular complexity index is 3150. The predicted molar refractivity (Wildman–Crippen MR) is 200 cm³/mol. The summed E-state index contributed by atoms with van der Waals surface area (Å²) < 4.78 is 119. The van der Waals surface area contributed by atoms with Gasteiger partial charge in [-0.3, -0.25) is 0 Å². The Kier molecular flexibility index (Phi) is 10.0. The van der Waals surface area contributed by atoms with Crippen LogP contribution in [-0.4, -0.2) is 0 Å². The highest BCUT2D eigenvalue weighted by Gasteiger charge is 2.35. The molecule has 0 bridgehead atoms. The van der Waals surface area contributed by atoms with Crippen LogP contribution in [0.5, 0.6) is 0 Å². The molecule has 0 unspecified atom stereocenters. The van der Waals surface area contributed by atoms with Crippen molar-refractivity contribution in [2.45, 2.75) is 0 Å². The minimum atomic E-state index is -1.97. The normalized spacial score (nSPS) is 12.2. The molecule has 7 rings (SSSR count). The number of rotatable bonds is 4. The molecule has 16 heteroatoms. The van der Waals surface area contributed by atoms with Crippen LogP contribution in [0.25, 0.3) is 55.7 Å². The maximum atomic E-state index is 15.1. The van der Waals surface area contributed by atoms with E-state index in [0.717, 1.165) is 48.5 Å². The third-order valence-electron chi connectivity index (χ3n) is 10.1. The molecule has 0 radical (unpaired) electrons. The van der Waals surface area contributed by atoms with E-state index in [1.807, 2.05) is 12.1 Å². The van der Waals surface area contributed by atoms with E-state index in [-0.39, 0.29) is 66.8 Å². The molecule has 0 heterocycles. The summed E-state index contributed by atoms with van der Waals surface area (Å²) in [4.78, 5) is 0. The smallest absolute Gasteiger partial charge is 0.180 e. The molecule has 0 aromatic heterocycles. The highest BCUT2D eigenvalue weighted by molar-refractivity contribution is 6.27. The van der Waals surface area contributed by atoms with Crippen LogP contribution in [0.3, 0.4) is 0 Å². The quantitative estimate of drug-likeness (QED) is 0.0971. The average molecular weight is 827 g/mol. The minimum Gasteiger partial charge on any atom is -0.203 e. The molecule has 2 aliphatic rings. The number of hydrogen-bond donors (Lipinski definition) is 0. The summed E-state index contributed by atoms with van der Waals surface area (Å²) in [5.41, 5.74) is -8.29. The van der Waals surface area contributed by atoms with Crippen LogP contribution in [0, 0.1) is 137 Å². The molecule has 5 aromatic rings. The van der Waals surface area contributed by atoms with E-state index in [1.165, 1.54) is 24.3 Å². The molecule has 0 aliphatic heterocycles. The van der Waals surface area contributed by atoms with Crippen molar-refractivity contribution in [3.63, 3.8) is 0 Å². The van der Waals surface area contributed by atoms with E-state index >= 15 is 17.6 Å². The first kappa shape index (κ1) is 40.6. The molecule has 5 aromatic carbocycles. The molecule has 0 saturated heterocycles. The number of fused-ring (bicyclic) bond motifs is 2. The van der Waals surface area contributed by atoms with Crippen molar-refractivity contribution in [3.8, 4) is 70.8 Å². The number of nitrogens with zero attached hydrogens (tertiary/aromatic N) is 8. The van der Waals surface area contributed by atoms with Crippen molar-refractivity contribution in [2.75, 3.05) is 0 Å². The van der Waals surface area contributed by atoms with Gasteiger partial charge in [-0.25, -0.2) is 35.1 Å². The number of halogens is 8. The number of benzene rings is 5. The molecule has 290 valence electrons. The van der Waals surface area contributed by atoms with Gasteiger partial charge in [0.15, 0.2) is 46.5 Å². The molecule has 8 nitrogen and oxygen atoms in total. The Morgan fingerprint density at radius 2 is 0.629 bits per heavy atom. The zero-order valence-electron chi connectivity index (χ0n) is 30.4. The molecular weight excluding hydrogens is 817 g/mol. The van der Waals surface area contributed by atoms with Gasteiger partial charge >= 0.3 is 0 Å². The third kappa shape index (κ3) is 5.74. The lowest BCUT2D eigenvalue weighted by atomic mass is 9.89. The van der Waals surface area contributed by atoms with Gasteiger partial charge < -0.3 is 0 Å². The van der Waals surface area contributed by atoms with E-state index in [1.54, 1.807) is 24.3 Å². The van der Waals surface area contributed by atoms with Crippen LogP contribution in [0.1, 0.15) is 44.5 Å². The summed E-state index contributed by atoms with van der Waals surface area (Å²) >= 11 is 0. The lowest BCUT2D eigenvalue weighted by Gasteiger charge is -2.12. The summed E-state index contributed by atoms with van der Waals surface area (Å²) in [6.07, 6.45) is 0. The number of nitriles is 8. The van der Waals surface area contributed by atoms with Crippen molar-refractivity contribution >= 4 is 33.4 Å². The second-order valence-electron chi connectivity index (χ2n) is 13.0. The molecule has 0 atom stereocenters. The fraction of sp³-hybridized carbons (Fsp3) is 0. The van der Waals surface area contributed by atoms with Crippen molar-refractivity contribution in [1.82, 2.24) is 0 Å². The summed E-state index contributed by atoms with van der Waals surface area (Å²) in [6, 6.07) is 24.6. The van der Waals surface area contributed by atoms with Crippen LogP contribution in [0.2, 0.25) is 0 Å². The SMILES string of the molecule is N#CC(C#N)=C1C(c2ccc(C3=C(C#N)c4cc(-c5c(F)c(F)c(C#N)c(F)c5F)ccc4C3=C(C#N)C#N)cc2)=C(C#N)c2cc(-c3c(F)c(F)c(C#N)c(F)c3F)ccc21. The maximum absolute atomic E-state index is 15.1. The molecule has 0 saturated carbocycles. The minimum absolute atomic E-state index is 0.0298. The lowest BCUT2D eigenvalue weighted by Crippen LogP contribution is -2.04. The van der Waals surface area contributed by atoms with Crippen LogP contribution in [-0.2, 0) is 0 Å². The van der Waals surface area contributed by atoms with Crippen LogP contribution >= 0.6 is 0 Å². The highest BCUT2D eigenvalue weighted by Crippen LogP contribution is 2.52. The summed E-state index contributed by atoms with van der Waals surface area (Å²) in [7, 11) is 0. The maximum Gasteiger partial charge on any atom is 0.180 e. The zero-order chi connectivity index (χ0) is 44.9. The lowest BCUT2D eigenvalue weighted by molar-refractivity contribution is 0.454. The standard InChI is InChI=1S/C46H10F8N8/c47-39-31(17-61)40(48)44(52)37(43(39)51)21-5-7-25-27(9-21)29(15-59)33(35(25)23(11-55)12-56)19-1-2-20(4-3-19)34-30(16-60)28-10-22(6-8-26(28)36(34)24(13-57)14-58)38-45(53)41(49)32(18-62)42(50)46(38)54/h1-10H. The Labute approximate surface area is 343 Å². The van der Waals surface area contributed by atoms with Crippen LogP contribution in [0.15, 0.2) is 71.8 Å². The van der Waals surface area contributed by atoms with Crippen molar-refractivity contribution in [2.24, 2.45) is 0 Å². The summed E-state index contributed by atoms with van der Waals surface area (Å²) in [5, 5.41) is 78.7. The van der Waals surface area contributed by atoms with Gasteiger partial charge in [0.1, 0.15) is 70.8 Å². The Balaban J connectivity index is 1.43. The number of allylic oxidation sites excluding steroid dienone is 8. The van der Waals surface area contributed by atoms with Gasteiger partial charge in [0.2, 0.25) is 0 Å². The van der Waals surface area contributed by atoms with Gasteiger partial charge in [0.25, 0.3) is 0 Å². The predicted octanol–water partition coefficient (Wildman–Crippen LogP) is 10.4.